The molecule has 0 saturated heterocycles. The Balaban J connectivity index is 2.23. The van der Waals surface area contributed by atoms with Crippen LogP contribution in [0.15, 0.2) is 54.6 Å². The van der Waals surface area contributed by atoms with Crippen molar-refractivity contribution in [1.29, 1.82) is 0 Å². The van der Waals surface area contributed by atoms with Crippen LogP contribution in [0.25, 0.3) is 0 Å². The smallest absolute Gasteiger partial charge is 0.178 e. The number of hydrogen-bond donors (Lipinski definition) is 1. The van der Waals surface area contributed by atoms with E-state index < -0.39 is 5.60 Å². The van der Waals surface area contributed by atoms with Crippen molar-refractivity contribution in [1.82, 2.24) is 0 Å². The first-order valence-electron chi connectivity index (χ1n) is 4.91. The standard InChI is InChI=1S/C14H10O2/c15-13-7-10-14(16,11-8-13)9-6-12-4-2-1-3-5-12/h1-5,7-8,10-11,16H. The molecule has 0 amide bonds. The molecule has 1 N–H and O–H groups in total. The van der Waals surface area contributed by atoms with Crippen LogP contribution in [0.1, 0.15) is 5.56 Å². The summed E-state index contributed by atoms with van der Waals surface area (Å²) in [4.78, 5) is 10.9. The summed E-state index contributed by atoms with van der Waals surface area (Å²) in [6, 6.07) is 9.38. The Morgan fingerprint density at radius 1 is 1.06 bits per heavy atom. The van der Waals surface area contributed by atoms with E-state index in [-0.39, 0.29) is 5.78 Å². The molecule has 1 aromatic rings. The number of rotatable bonds is 0. The third-order valence-electron chi connectivity index (χ3n) is 2.18. The molecule has 0 aliphatic heterocycles. The van der Waals surface area contributed by atoms with Crippen molar-refractivity contribution in [3.63, 3.8) is 0 Å². The second kappa shape index (κ2) is 4.18. The summed E-state index contributed by atoms with van der Waals surface area (Å²) in [7, 11) is 0. The third kappa shape index (κ3) is 2.47. The van der Waals surface area contributed by atoms with Gasteiger partial charge in [0.2, 0.25) is 0 Å². The molecule has 1 aromatic carbocycles. The van der Waals surface area contributed by atoms with Crippen molar-refractivity contribution in [2.45, 2.75) is 5.60 Å². The first kappa shape index (κ1) is 10.4. The van der Waals surface area contributed by atoms with Crippen LogP contribution < -0.4 is 0 Å². The highest BCUT2D eigenvalue weighted by Gasteiger charge is 2.19. The molecular weight excluding hydrogens is 200 g/mol. The van der Waals surface area contributed by atoms with Gasteiger partial charge in [0.05, 0.1) is 0 Å². The summed E-state index contributed by atoms with van der Waals surface area (Å²) < 4.78 is 0. The van der Waals surface area contributed by atoms with Gasteiger partial charge in [-0.1, -0.05) is 30.0 Å². The topological polar surface area (TPSA) is 37.3 Å². The average Bonchev–Trinajstić information content (AvgIpc) is 2.33. The van der Waals surface area contributed by atoms with E-state index in [1.54, 1.807) is 0 Å². The molecule has 78 valence electrons. The zero-order chi connectivity index (χ0) is 11.4. The summed E-state index contributed by atoms with van der Waals surface area (Å²) in [6.45, 7) is 0. The second-order valence-corrected chi connectivity index (χ2v) is 3.51. The monoisotopic (exact) mass is 210 g/mol. The van der Waals surface area contributed by atoms with E-state index in [4.69, 9.17) is 0 Å². The van der Waals surface area contributed by atoms with Gasteiger partial charge < -0.3 is 5.11 Å². The lowest BCUT2D eigenvalue weighted by molar-refractivity contribution is -0.110. The van der Waals surface area contributed by atoms with Crippen molar-refractivity contribution in [2.75, 3.05) is 0 Å². The number of carbonyl (C=O) groups is 1. The van der Waals surface area contributed by atoms with Crippen molar-refractivity contribution >= 4 is 5.78 Å². The molecule has 0 atom stereocenters. The van der Waals surface area contributed by atoms with Gasteiger partial charge in [-0.05, 0) is 36.4 Å². The van der Waals surface area contributed by atoms with Gasteiger partial charge in [0.25, 0.3) is 0 Å². The van der Waals surface area contributed by atoms with Gasteiger partial charge in [-0.2, -0.15) is 0 Å². The second-order valence-electron chi connectivity index (χ2n) is 3.51. The Morgan fingerprint density at radius 3 is 2.31 bits per heavy atom. The maximum atomic E-state index is 10.9. The Bertz CT molecular complexity index is 497. The Kier molecular flexibility index (Phi) is 2.72. The quantitative estimate of drug-likeness (QED) is 0.658. The molecule has 2 rings (SSSR count). The van der Waals surface area contributed by atoms with Crippen molar-refractivity contribution in [2.24, 2.45) is 0 Å². The minimum absolute atomic E-state index is 0.133. The van der Waals surface area contributed by atoms with Gasteiger partial charge in [0.1, 0.15) is 0 Å². The summed E-state index contributed by atoms with van der Waals surface area (Å²) in [5.74, 6) is 5.44. The maximum Gasteiger partial charge on any atom is 0.178 e. The first-order valence-corrected chi connectivity index (χ1v) is 4.91. The molecule has 1 aliphatic rings. The van der Waals surface area contributed by atoms with E-state index in [0.29, 0.717) is 0 Å². The largest absolute Gasteiger partial charge is 0.370 e. The zero-order valence-corrected chi connectivity index (χ0v) is 8.55. The maximum absolute atomic E-state index is 10.9. The molecule has 0 aromatic heterocycles. The fourth-order valence-electron chi connectivity index (χ4n) is 1.31. The highest BCUT2D eigenvalue weighted by Crippen LogP contribution is 2.12. The van der Waals surface area contributed by atoms with Gasteiger partial charge in [-0.15, -0.1) is 0 Å². The molecule has 0 spiro atoms. The molecule has 0 saturated carbocycles. The molecule has 16 heavy (non-hydrogen) atoms. The van der Waals surface area contributed by atoms with Crippen LogP contribution in [-0.4, -0.2) is 16.5 Å². The van der Waals surface area contributed by atoms with Gasteiger partial charge in [0, 0.05) is 5.56 Å². The summed E-state index contributed by atoms with van der Waals surface area (Å²) in [6.07, 6.45) is 5.43. The predicted octanol–water partition coefficient (Wildman–Crippen LogP) is 1.46. The Hall–Kier alpha value is -2.11. The van der Waals surface area contributed by atoms with Gasteiger partial charge in [0.15, 0.2) is 11.4 Å². The number of benzene rings is 1. The molecule has 2 heteroatoms. The highest BCUT2D eigenvalue weighted by atomic mass is 16.3. The van der Waals surface area contributed by atoms with Gasteiger partial charge in [-0.3, -0.25) is 4.79 Å². The van der Waals surface area contributed by atoms with Crippen LogP contribution in [0.2, 0.25) is 0 Å². The molecule has 2 nitrogen and oxygen atoms in total. The number of carbonyl (C=O) groups excluding carboxylic acids is 1. The molecule has 1 aliphatic carbocycles. The average molecular weight is 210 g/mol. The van der Waals surface area contributed by atoms with Crippen LogP contribution in [0.3, 0.4) is 0 Å². The fraction of sp³-hybridized carbons (Fsp3) is 0.0714. The fourth-order valence-corrected chi connectivity index (χ4v) is 1.31. The number of ketones is 1. The molecule has 0 unspecified atom stereocenters. The van der Waals surface area contributed by atoms with Crippen LogP contribution in [0.4, 0.5) is 0 Å². The lowest BCUT2D eigenvalue weighted by Crippen LogP contribution is -2.23. The minimum Gasteiger partial charge on any atom is -0.370 e. The lowest BCUT2D eigenvalue weighted by atomic mass is 9.98. The molecule has 0 bridgehead atoms. The predicted molar refractivity (Wildman–Crippen MR) is 61.6 cm³/mol. The number of hydrogen-bond acceptors (Lipinski definition) is 2. The van der Waals surface area contributed by atoms with E-state index in [9.17, 15) is 9.90 Å². The first-order chi connectivity index (χ1) is 7.68. The molecule has 0 fully saturated rings. The van der Waals surface area contributed by atoms with Crippen molar-refractivity contribution in [3.8, 4) is 11.8 Å². The molecular formula is C14H10O2. The van der Waals surface area contributed by atoms with E-state index in [0.717, 1.165) is 5.56 Å². The van der Waals surface area contributed by atoms with E-state index in [1.165, 1.54) is 24.3 Å². The van der Waals surface area contributed by atoms with Crippen LogP contribution in [-0.2, 0) is 4.79 Å². The highest BCUT2D eigenvalue weighted by molar-refractivity contribution is 6.00. The lowest BCUT2D eigenvalue weighted by Gasteiger charge is -2.14. The molecule has 0 heterocycles. The van der Waals surface area contributed by atoms with Crippen LogP contribution >= 0.6 is 0 Å². The Morgan fingerprint density at radius 2 is 1.69 bits per heavy atom. The minimum atomic E-state index is -1.33. The Labute approximate surface area is 93.9 Å². The third-order valence-corrected chi connectivity index (χ3v) is 2.18. The summed E-state index contributed by atoms with van der Waals surface area (Å²) >= 11 is 0. The molecule has 0 radical (unpaired) electrons. The van der Waals surface area contributed by atoms with Crippen LogP contribution in [0, 0.1) is 11.8 Å². The van der Waals surface area contributed by atoms with Gasteiger partial charge in [-0.25, -0.2) is 0 Å². The number of allylic oxidation sites excluding steroid dienone is 2. The van der Waals surface area contributed by atoms with Crippen molar-refractivity contribution in [3.05, 3.63) is 60.2 Å². The van der Waals surface area contributed by atoms with Crippen LogP contribution in [0.5, 0.6) is 0 Å². The van der Waals surface area contributed by atoms with Crippen molar-refractivity contribution < 1.29 is 9.90 Å². The summed E-state index contributed by atoms with van der Waals surface area (Å²) in [5, 5.41) is 9.95. The zero-order valence-electron chi connectivity index (χ0n) is 8.55. The summed E-state index contributed by atoms with van der Waals surface area (Å²) in [5.41, 5.74) is -0.501. The van der Waals surface area contributed by atoms with E-state index in [2.05, 4.69) is 11.8 Å². The van der Waals surface area contributed by atoms with E-state index >= 15 is 0 Å². The van der Waals surface area contributed by atoms with E-state index in [1.807, 2.05) is 30.3 Å². The number of aliphatic hydroxyl groups is 1. The van der Waals surface area contributed by atoms with Gasteiger partial charge >= 0.3 is 0 Å². The normalized spacial score (nSPS) is 16.7. The SMILES string of the molecule is O=C1C=CC(O)(C#Cc2ccccc2)C=C1.